The second-order valence-electron chi connectivity index (χ2n) is 6.02. The number of allylic oxidation sites excluding steroid dienone is 1. The van der Waals surface area contributed by atoms with E-state index in [-0.39, 0.29) is 24.6 Å². The van der Waals surface area contributed by atoms with Crippen molar-refractivity contribution < 1.29 is 23.8 Å². The number of esters is 2. The highest BCUT2D eigenvalue weighted by atomic mass is 16.6. The van der Waals surface area contributed by atoms with Crippen molar-refractivity contribution in [2.45, 2.75) is 58.3 Å². The molecule has 1 aliphatic heterocycles. The first kappa shape index (κ1) is 16.7. The van der Waals surface area contributed by atoms with Crippen molar-refractivity contribution in [3.05, 3.63) is 23.8 Å². The van der Waals surface area contributed by atoms with Gasteiger partial charge in [-0.25, -0.2) is 0 Å². The Morgan fingerprint density at radius 3 is 2.64 bits per heavy atom. The van der Waals surface area contributed by atoms with Crippen LogP contribution >= 0.6 is 0 Å². The van der Waals surface area contributed by atoms with Crippen molar-refractivity contribution in [1.29, 1.82) is 0 Å². The number of carbonyl (C=O) groups is 2. The zero-order valence-corrected chi connectivity index (χ0v) is 13.4. The van der Waals surface area contributed by atoms with Gasteiger partial charge in [-0.2, -0.15) is 0 Å². The molecule has 0 saturated heterocycles. The Hall–Kier alpha value is -1.62. The first-order chi connectivity index (χ1) is 10.5. The van der Waals surface area contributed by atoms with E-state index in [1.54, 1.807) is 0 Å². The molecular weight excluding hydrogens is 284 g/mol. The predicted molar refractivity (Wildman–Crippen MR) is 81.1 cm³/mol. The molecule has 0 aromatic heterocycles. The summed E-state index contributed by atoms with van der Waals surface area (Å²) in [5.74, 6) is -0.0424. The lowest BCUT2D eigenvalue weighted by molar-refractivity contribution is -0.161. The van der Waals surface area contributed by atoms with Crippen LogP contribution in [0.2, 0.25) is 0 Å². The number of ether oxygens (including phenoxy) is 3. The van der Waals surface area contributed by atoms with E-state index < -0.39 is 12.2 Å². The molecule has 2 rings (SSSR count). The van der Waals surface area contributed by atoms with Gasteiger partial charge in [-0.3, -0.25) is 9.59 Å². The molecule has 5 nitrogen and oxygen atoms in total. The van der Waals surface area contributed by atoms with Crippen LogP contribution in [0.3, 0.4) is 0 Å². The summed E-state index contributed by atoms with van der Waals surface area (Å²) < 4.78 is 16.3. The molecule has 0 radical (unpaired) electrons. The van der Waals surface area contributed by atoms with Gasteiger partial charge in [-0.1, -0.05) is 19.1 Å². The van der Waals surface area contributed by atoms with Crippen molar-refractivity contribution in [1.82, 2.24) is 0 Å². The van der Waals surface area contributed by atoms with Crippen LogP contribution in [0.4, 0.5) is 0 Å². The molecular formula is C17H24O5. The van der Waals surface area contributed by atoms with E-state index in [9.17, 15) is 9.59 Å². The summed E-state index contributed by atoms with van der Waals surface area (Å²) in [6.45, 7) is 5.03. The van der Waals surface area contributed by atoms with Crippen LogP contribution in [-0.4, -0.2) is 36.9 Å². The van der Waals surface area contributed by atoms with E-state index in [4.69, 9.17) is 14.2 Å². The van der Waals surface area contributed by atoms with Gasteiger partial charge in [0.15, 0.2) is 0 Å². The zero-order valence-electron chi connectivity index (χ0n) is 13.4. The van der Waals surface area contributed by atoms with E-state index >= 15 is 0 Å². The Bertz CT molecular complexity index is 479. The Morgan fingerprint density at radius 1 is 1.27 bits per heavy atom. The molecule has 1 aliphatic carbocycles. The number of hydrogen-bond acceptors (Lipinski definition) is 5. The molecule has 0 saturated carbocycles. The van der Waals surface area contributed by atoms with Crippen LogP contribution in [-0.2, 0) is 23.8 Å². The largest absolute Gasteiger partial charge is 0.463 e. The first-order valence-electron chi connectivity index (χ1n) is 7.79. The lowest BCUT2D eigenvalue weighted by Crippen LogP contribution is -2.42. The van der Waals surface area contributed by atoms with E-state index in [2.05, 4.69) is 13.0 Å². The van der Waals surface area contributed by atoms with Crippen molar-refractivity contribution in [2.24, 2.45) is 5.92 Å². The normalized spacial score (nSPS) is 31.3. The number of carbonyl (C=O) groups excluding carboxylic acids is 2. The molecule has 2 aliphatic rings. The first-order valence-corrected chi connectivity index (χ1v) is 7.79. The van der Waals surface area contributed by atoms with Gasteiger partial charge in [0, 0.05) is 13.8 Å². The summed E-state index contributed by atoms with van der Waals surface area (Å²) in [5.41, 5.74) is 1.25. The van der Waals surface area contributed by atoms with Gasteiger partial charge in [-0.05, 0) is 36.8 Å². The van der Waals surface area contributed by atoms with Gasteiger partial charge < -0.3 is 14.2 Å². The summed E-state index contributed by atoms with van der Waals surface area (Å²) >= 11 is 0. The van der Waals surface area contributed by atoms with Gasteiger partial charge in [-0.15, -0.1) is 0 Å². The van der Waals surface area contributed by atoms with E-state index in [0.29, 0.717) is 5.92 Å². The molecule has 22 heavy (non-hydrogen) atoms. The highest BCUT2D eigenvalue weighted by molar-refractivity contribution is 5.66. The van der Waals surface area contributed by atoms with Crippen molar-refractivity contribution in [3.8, 4) is 0 Å². The lowest BCUT2D eigenvalue weighted by atomic mass is 9.87. The summed E-state index contributed by atoms with van der Waals surface area (Å²) in [5, 5.41) is 0. The molecule has 0 aromatic carbocycles. The highest BCUT2D eigenvalue weighted by Gasteiger charge is 2.32. The average molecular weight is 308 g/mol. The molecule has 1 unspecified atom stereocenters. The van der Waals surface area contributed by atoms with Crippen LogP contribution in [0.1, 0.15) is 40.0 Å². The Balaban J connectivity index is 2.06. The van der Waals surface area contributed by atoms with Crippen LogP contribution in [0.15, 0.2) is 23.8 Å². The second kappa shape index (κ2) is 7.58. The van der Waals surface area contributed by atoms with Crippen LogP contribution in [0.5, 0.6) is 0 Å². The van der Waals surface area contributed by atoms with E-state index in [1.807, 2.05) is 12.2 Å². The molecule has 0 bridgehead atoms. The van der Waals surface area contributed by atoms with Crippen molar-refractivity contribution >= 4 is 11.9 Å². The zero-order chi connectivity index (χ0) is 16.1. The fraction of sp³-hybridized carbons (Fsp3) is 0.647. The summed E-state index contributed by atoms with van der Waals surface area (Å²) in [4.78, 5) is 22.2. The third kappa shape index (κ3) is 4.70. The molecule has 0 N–H and O–H groups in total. The third-order valence-electron chi connectivity index (χ3n) is 3.99. The topological polar surface area (TPSA) is 61.8 Å². The number of rotatable bonds is 4. The third-order valence-corrected chi connectivity index (χ3v) is 3.99. The predicted octanol–water partition coefficient (Wildman–Crippen LogP) is 2.55. The van der Waals surface area contributed by atoms with Gasteiger partial charge >= 0.3 is 11.9 Å². The molecule has 4 atom stereocenters. The van der Waals surface area contributed by atoms with Gasteiger partial charge in [0.1, 0.15) is 18.8 Å². The summed E-state index contributed by atoms with van der Waals surface area (Å²) in [6, 6.07) is 0. The lowest BCUT2D eigenvalue weighted by Gasteiger charge is -2.33. The van der Waals surface area contributed by atoms with Crippen molar-refractivity contribution in [2.75, 3.05) is 6.61 Å². The smallest absolute Gasteiger partial charge is 0.303 e. The minimum atomic E-state index is -0.517. The molecule has 0 aromatic rings. The molecule has 0 fully saturated rings. The minimum Gasteiger partial charge on any atom is -0.463 e. The maximum absolute atomic E-state index is 11.2. The average Bonchev–Trinajstić information content (AvgIpc) is 2.46. The monoisotopic (exact) mass is 308 g/mol. The standard InChI is InChI=1S/C17H24O5/c1-11-4-6-14(7-5-11)15-8-9-16(21-13(3)19)17(22-15)10-20-12(2)18/h6,8-9,11,15-17H,4-5,7,10H2,1-3H3/t11?,15-,16+,17+/m0/s1. The van der Waals surface area contributed by atoms with Crippen LogP contribution in [0.25, 0.3) is 0 Å². The minimum absolute atomic E-state index is 0.0812. The SMILES string of the molecule is CC(=O)OC[C@H]1O[C@H](C2=CCC(C)CC2)C=C[C@H]1OC(C)=O. The van der Waals surface area contributed by atoms with Crippen LogP contribution in [0, 0.1) is 5.92 Å². The molecule has 122 valence electrons. The molecule has 0 spiro atoms. The van der Waals surface area contributed by atoms with Gasteiger partial charge in [0.2, 0.25) is 0 Å². The Morgan fingerprint density at radius 2 is 2.05 bits per heavy atom. The van der Waals surface area contributed by atoms with Gasteiger partial charge in [0.05, 0.1) is 6.10 Å². The Labute approximate surface area is 131 Å². The van der Waals surface area contributed by atoms with Gasteiger partial charge in [0.25, 0.3) is 0 Å². The van der Waals surface area contributed by atoms with E-state index in [1.165, 1.54) is 19.4 Å². The quantitative estimate of drug-likeness (QED) is 0.590. The van der Waals surface area contributed by atoms with E-state index in [0.717, 1.165) is 19.3 Å². The second-order valence-corrected chi connectivity index (χ2v) is 6.02. The van der Waals surface area contributed by atoms with Crippen LogP contribution < -0.4 is 0 Å². The fourth-order valence-electron chi connectivity index (χ4n) is 2.74. The number of hydrogen-bond donors (Lipinski definition) is 0. The molecule has 0 amide bonds. The molecule has 1 heterocycles. The highest BCUT2D eigenvalue weighted by Crippen LogP contribution is 2.30. The maximum Gasteiger partial charge on any atom is 0.303 e. The Kier molecular flexibility index (Phi) is 5.77. The summed E-state index contributed by atoms with van der Waals surface area (Å²) in [7, 11) is 0. The summed E-state index contributed by atoms with van der Waals surface area (Å²) in [6.07, 6.45) is 8.11. The maximum atomic E-state index is 11.2. The fourth-order valence-corrected chi connectivity index (χ4v) is 2.74. The molecule has 5 heteroatoms. The van der Waals surface area contributed by atoms with Crippen molar-refractivity contribution in [3.63, 3.8) is 0 Å².